The first-order chi connectivity index (χ1) is 63.2. The van der Waals surface area contributed by atoms with E-state index < -0.39 is 129 Å². The lowest BCUT2D eigenvalue weighted by Gasteiger charge is -2.19. The minimum atomic E-state index is -5.64. The first kappa shape index (κ1) is 120. The zero-order valence-electron chi connectivity index (χ0n) is 76.4. The van der Waals surface area contributed by atoms with Crippen LogP contribution < -0.4 is 28.4 Å². The fraction of sp³-hybridized carbons (Fsp3) is 0.768. The molecule has 135 heavy (non-hydrogen) atoms. The number of ether oxygens (including phenoxy) is 6. The molecule has 40 heteroatoms. The second kappa shape index (κ2) is 59.6. The third-order valence-corrected chi connectivity index (χ3v) is 23.3. The van der Waals surface area contributed by atoms with Crippen molar-refractivity contribution < 1.29 is 170 Å². The van der Waals surface area contributed by atoms with E-state index in [9.17, 15) is 141 Å². The van der Waals surface area contributed by atoms with Crippen molar-refractivity contribution in [1.29, 1.82) is 0 Å². The number of benzene rings is 2. The Morgan fingerprint density at radius 2 is 0.348 bits per heavy atom. The van der Waals surface area contributed by atoms with Crippen LogP contribution >= 0.6 is 0 Å². The normalized spacial score (nSPS) is 13.2. The average Bonchev–Trinajstić information content (AvgIpc) is 1.79. The van der Waals surface area contributed by atoms with Gasteiger partial charge in [-0.05, 0) is 126 Å². The average molecular weight is 2000 g/mol. The molecule has 4 rings (SSSR count). The summed E-state index contributed by atoms with van der Waals surface area (Å²) in [5, 5.41) is 0. The molecule has 2 aromatic carbocycles. The summed E-state index contributed by atoms with van der Waals surface area (Å²) in [5.41, 5.74) is 1.46. The first-order valence-corrected chi connectivity index (χ1v) is 47.5. The summed E-state index contributed by atoms with van der Waals surface area (Å²) in [6.45, 7) is 0.605. The number of unbranched alkanes of at least 4 members (excludes halogenated alkanes) is 42. The molecule has 0 spiro atoms. The van der Waals surface area contributed by atoms with Crippen LogP contribution in [0, 0.1) is 0 Å². The number of H-pyrrole nitrogens is 2. The maximum Gasteiger partial charge on any atom is 0.453 e. The van der Waals surface area contributed by atoms with E-state index in [-0.39, 0.29) is 163 Å². The standard InChI is InChI=1S/C95H132F30N2O8/c96-84(97,90(108,109)110)53-37-25-13-1-7-19-31-43-59-130-78-65-70(66-79(131-60-44-32-20-8-2-14-26-38-54-85(98,99)91(111,112)113)82(78)134-63-47-35-23-11-5-17-29-41-57-88(104,105)94(120,121)122)72-49-51-74(126-72)76(128)69-77(129)75-52-50-73(127-75)71-67-80(132-61-45-33-21-9-3-15-27-39-55-86(100,101)92(114,115)116)83(135-64-48-36-24-12-6-18-30-42-58-89(106,107)95(123,124)125)81(68-71)133-62-46-34-22-10-4-16-28-40-56-87(102,103)93(117,118)119/h49-52,65-68,126-127H,1-48,53-64,69H2. The summed E-state index contributed by atoms with van der Waals surface area (Å²) in [6, 6.07) is 12.6. The number of carbonyl (C=O) groups excluding carboxylic acids is 2. The lowest BCUT2D eigenvalue weighted by molar-refractivity contribution is -0.284. The molecule has 2 aromatic heterocycles. The van der Waals surface area contributed by atoms with Crippen LogP contribution in [-0.2, 0) is 0 Å². The molecule has 0 aliphatic carbocycles. The number of rotatable bonds is 78. The van der Waals surface area contributed by atoms with Gasteiger partial charge in [0.15, 0.2) is 34.6 Å². The molecule has 780 valence electrons. The number of halogens is 30. The third-order valence-electron chi connectivity index (χ3n) is 23.3. The number of aromatic nitrogens is 2. The lowest BCUT2D eigenvalue weighted by atomic mass is 10.0. The molecule has 4 aromatic rings. The second-order valence-electron chi connectivity index (χ2n) is 35.0. The summed E-state index contributed by atoms with van der Waals surface area (Å²) < 4.78 is 428. The van der Waals surface area contributed by atoms with Crippen molar-refractivity contribution in [3.63, 3.8) is 0 Å². The Morgan fingerprint density at radius 1 is 0.200 bits per heavy atom. The van der Waals surface area contributed by atoms with Crippen molar-refractivity contribution in [2.75, 3.05) is 39.6 Å². The second-order valence-corrected chi connectivity index (χ2v) is 35.0. The van der Waals surface area contributed by atoms with Gasteiger partial charge in [-0.25, -0.2) is 0 Å². The van der Waals surface area contributed by atoms with Crippen molar-refractivity contribution in [3.8, 4) is 57.0 Å². The van der Waals surface area contributed by atoms with Gasteiger partial charge in [0.05, 0.1) is 57.4 Å². The lowest BCUT2D eigenvalue weighted by Crippen LogP contribution is -2.36. The number of ketones is 2. The van der Waals surface area contributed by atoms with Crippen LogP contribution in [0.1, 0.15) is 374 Å². The van der Waals surface area contributed by atoms with E-state index in [1.54, 1.807) is 36.4 Å². The molecular formula is C95H132F30N2O8. The maximum atomic E-state index is 14.3. The number of Topliss-reactive ketones (excluding diaryl/α,β-unsaturated/α-hetero) is 2. The Balaban J connectivity index is 1.63. The zero-order valence-corrected chi connectivity index (χ0v) is 76.4. The van der Waals surface area contributed by atoms with Crippen molar-refractivity contribution in [2.45, 2.75) is 426 Å². The quantitative estimate of drug-likeness (QED) is 0.0194. The largest absolute Gasteiger partial charge is 0.490 e. The van der Waals surface area contributed by atoms with Crippen LogP contribution in [0.3, 0.4) is 0 Å². The molecule has 0 aliphatic heterocycles. The fourth-order valence-electron chi connectivity index (χ4n) is 15.0. The van der Waals surface area contributed by atoms with Crippen LogP contribution in [0.5, 0.6) is 34.5 Å². The van der Waals surface area contributed by atoms with Crippen LogP contribution in [0.2, 0.25) is 0 Å². The molecule has 2 heterocycles. The van der Waals surface area contributed by atoms with E-state index >= 15 is 0 Å². The van der Waals surface area contributed by atoms with Gasteiger partial charge >= 0.3 is 72.6 Å². The van der Waals surface area contributed by atoms with Crippen LogP contribution in [-0.4, -0.2) is 134 Å². The highest BCUT2D eigenvalue weighted by Gasteiger charge is 2.60. The molecule has 0 fully saturated rings. The van der Waals surface area contributed by atoms with E-state index in [1.165, 1.54) is 12.1 Å². The van der Waals surface area contributed by atoms with Gasteiger partial charge in [0.2, 0.25) is 11.5 Å². The Kier molecular flexibility index (Phi) is 53.1. The SMILES string of the molecule is O=C(CC(=O)c1ccc(-c2cc(OCCCCCCCCCCC(F)(F)C(F)(F)F)c(OCCCCCCCCCCC(F)(F)C(F)(F)F)c(OCCCCCCCCCCC(F)(F)C(F)(F)F)c2)[nH]1)c1ccc(-c2cc(OCCCCCCCCCCC(F)(F)C(F)(F)F)c(OCCCCCCCCCCC(F)(F)C(F)(F)F)c(OCCCCCCCCCCC(F)(F)C(F)(F)F)c2)[nH]1. The van der Waals surface area contributed by atoms with Gasteiger partial charge in [-0.15, -0.1) is 0 Å². The van der Waals surface area contributed by atoms with Crippen LogP contribution in [0.25, 0.3) is 22.5 Å². The van der Waals surface area contributed by atoms with Crippen LogP contribution in [0.4, 0.5) is 132 Å². The number of hydrogen-bond donors (Lipinski definition) is 2. The van der Waals surface area contributed by atoms with Gasteiger partial charge in [-0.2, -0.15) is 132 Å². The van der Waals surface area contributed by atoms with Gasteiger partial charge < -0.3 is 38.4 Å². The van der Waals surface area contributed by atoms with Gasteiger partial charge in [0.1, 0.15) is 0 Å². The van der Waals surface area contributed by atoms with Crippen molar-refractivity contribution in [1.82, 2.24) is 9.97 Å². The van der Waals surface area contributed by atoms with Gasteiger partial charge in [-0.3, -0.25) is 9.59 Å². The molecule has 0 saturated carbocycles. The molecule has 0 unspecified atom stereocenters. The zero-order chi connectivity index (χ0) is 101. The summed E-state index contributed by atoms with van der Waals surface area (Å²) in [4.78, 5) is 34.8. The van der Waals surface area contributed by atoms with Gasteiger partial charge in [0, 0.05) is 61.0 Å². The van der Waals surface area contributed by atoms with E-state index in [0.717, 1.165) is 0 Å². The van der Waals surface area contributed by atoms with Crippen molar-refractivity contribution >= 4 is 11.6 Å². The van der Waals surface area contributed by atoms with Crippen molar-refractivity contribution in [3.05, 3.63) is 59.9 Å². The number of hydrogen-bond acceptors (Lipinski definition) is 8. The summed E-state index contributed by atoms with van der Waals surface area (Å²) >= 11 is 0. The van der Waals surface area contributed by atoms with E-state index in [0.29, 0.717) is 254 Å². The predicted octanol–water partition coefficient (Wildman–Crippen LogP) is 35.7. The molecular weight excluding hydrogens is 1870 g/mol. The Bertz CT molecular complexity index is 3500. The Labute approximate surface area is 770 Å². The molecule has 0 atom stereocenters. The fourth-order valence-corrected chi connectivity index (χ4v) is 15.0. The number of aromatic amines is 2. The minimum Gasteiger partial charge on any atom is -0.490 e. The molecule has 2 N–H and O–H groups in total. The summed E-state index contributed by atoms with van der Waals surface area (Å²) in [7, 11) is 0. The molecule has 0 amide bonds. The Hall–Kier alpha value is -6.96. The number of alkyl halides is 30. The topological polar surface area (TPSA) is 121 Å². The Morgan fingerprint density at radius 3 is 0.511 bits per heavy atom. The van der Waals surface area contributed by atoms with Gasteiger partial charge in [-0.1, -0.05) is 231 Å². The summed E-state index contributed by atoms with van der Waals surface area (Å²) in [6.07, 6.45) is -23.1. The number of carbonyl (C=O) groups is 2. The highest BCUT2D eigenvalue weighted by Crippen LogP contribution is 2.49. The molecule has 0 radical (unpaired) electrons. The predicted molar refractivity (Wildman–Crippen MR) is 454 cm³/mol. The van der Waals surface area contributed by atoms with Crippen molar-refractivity contribution in [2.24, 2.45) is 0 Å². The first-order valence-electron chi connectivity index (χ1n) is 47.5. The number of nitrogens with one attached hydrogen (secondary N) is 2. The smallest absolute Gasteiger partial charge is 0.453 e. The van der Waals surface area contributed by atoms with E-state index in [1.807, 2.05) is 0 Å². The van der Waals surface area contributed by atoms with E-state index in [4.69, 9.17) is 28.4 Å². The molecule has 0 aliphatic rings. The monoisotopic (exact) mass is 2000 g/mol. The molecule has 0 bridgehead atoms. The third kappa shape index (κ3) is 46.3. The maximum absolute atomic E-state index is 14.3. The van der Waals surface area contributed by atoms with Gasteiger partial charge in [0.25, 0.3) is 0 Å². The minimum absolute atomic E-state index is 0.00905. The van der Waals surface area contributed by atoms with Crippen LogP contribution in [0.15, 0.2) is 48.5 Å². The molecule has 10 nitrogen and oxygen atoms in total. The molecule has 0 saturated heterocycles. The highest BCUT2D eigenvalue weighted by molar-refractivity contribution is 6.12. The summed E-state index contributed by atoms with van der Waals surface area (Å²) in [5.74, 6) is -28.9. The highest BCUT2D eigenvalue weighted by atomic mass is 19.5. The van der Waals surface area contributed by atoms with E-state index in [2.05, 4.69) is 9.97 Å².